The van der Waals surface area contributed by atoms with Gasteiger partial charge in [0.25, 0.3) is 0 Å². The molecule has 15 heavy (non-hydrogen) atoms. The summed E-state index contributed by atoms with van der Waals surface area (Å²) >= 11 is 0. The number of hydrogen-bond donors (Lipinski definition) is 2. The second-order valence-electron chi connectivity index (χ2n) is 3.27. The predicted octanol–water partition coefficient (Wildman–Crippen LogP) is 0.405. The molecule has 1 rings (SSSR count). The Morgan fingerprint density at radius 3 is 3.13 bits per heavy atom. The van der Waals surface area contributed by atoms with Gasteiger partial charge in [-0.05, 0) is 18.6 Å². The van der Waals surface area contributed by atoms with Crippen LogP contribution < -0.4 is 11.2 Å². The molecule has 1 aromatic heterocycles. The van der Waals surface area contributed by atoms with Gasteiger partial charge in [-0.15, -0.1) is 0 Å². The summed E-state index contributed by atoms with van der Waals surface area (Å²) in [5.41, 5.74) is 8.74. The number of primary amides is 1. The van der Waals surface area contributed by atoms with E-state index >= 15 is 0 Å². The number of aromatic nitrogens is 1. The lowest BCUT2D eigenvalue weighted by molar-refractivity contribution is -0.125. The van der Waals surface area contributed by atoms with Crippen LogP contribution in [-0.4, -0.2) is 17.1 Å². The Kier molecular flexibility index (Phi) is 4.86. The van der Waals surface area contributed by atoms with E-state index in [0.29, 0.717) is 6.54 Å². The Morgan fingerprint density at radius 1 is 1.67 bits per heavy atom. The highest BCUT2D eigenvalue weighted by Gasteiger charge is 2.00. The topological polar surface area (TPSA) is 69.3 Å². The van der Waals surface area contributed by atoms with Crippen LogP contribution >= 0.6 is 0 Å². The summed E-state index contributed by atoms with van der Waals surface area (Å²) in [6.07, 6.45) is 3.11. The van der Waals surface area contributed by atoms with Crippen LogP contribution in [-0.2, 0) is 22.7 Å². The van der Waals surface area contributed by atoms with Gasteiger partial charge in [0.15, 0.2) is 0 Å². The van der Waals surface area contributed by atoms with E-state index in [1.54, 1.807) is 0 Å². The van der Waals surface area contributed by atoms with Crippen molar-refractivity contribution < 1.29 is 9.63 Å². The summed E-state index contributed by atoms with van der Waals surface area (Å²) in [5, 5.41) is 0. The maximum absolute atomic E-state index is 10.4. The minimum atomic E-state index is -0.480. The van der Waals surface area contributed by atoms with Crippen LogP contribution in [0.1, 0.15) is 19.0 Å². The molecule has 0 aliphatic rings. The van der Waals surface area contributed by atoms with Gasteiger partial charge in [-0.2, -0.15) is 5.48 Å². The van der Waals surface area contributed by atoms with Crippen LogP contribution in [0.3, 0.4) is 0 Å². The summed E-state index contributed by atoms with van der Waals surface area (Å²) < 4.78 is 2.14. The molecular formula is C10H17N3O2. The smallest absolute Gasteiger partial charge is 0.245 e. The van der Waals surface area contributed by atoms with Gasteiger partial charge in [0.1, 0.15) is 6.61 Å². The van der Waals surface area contributed by atoms with E-state index in [9.17, 15) is 4.79 Å². The van der Waals surface area contributed by atoms with Crippen molar-refractivity contribution in [1.29, 1.82) is 0 Å². The number of nitrogens with two attached hydrogens (primary N) is 1. The van der Waals surface area contributed by atoms with Crippen molar-refractivity contribution in [1.82, 2.24) is 10.0 Å². The van der Waals surface area contributed by atoms with Crippen molar-refractivity contribution in [3.63, 3.8) is 0 Å². The zero-order chi connectivity index (χ0) is 11.1. The average molecular weight is 211 g/mol. The third-order valence-electron chi connectivity index (χ3n) is 1.96. The molecule has 84 valence electrons. The first kappa shape index (κ1) is 11.7. The van der Waals surface area contributed by atoms with Gasteiger partial charge in [-0.25, -0.2) is 0 Å². The highest BCUT2D eigenvalue weighted by molar-refractivity contribution is 5.74. The second kappa shape index (κ2) is 6.21. The van der Waals surface area contributed by atoms with Crippen LogP contribution in [0.2, 0.25) is 0 Å². The molecule has 0 spiro atoms. The molecule has 1 amide bonds. The molecule has 5 nitrogen and oxygen atoms in total. The van der Waals surface area contributed by atoms with Crippen molar-refractivity contribution in [3.8, 4) is 0 Å². The van der Waals surface area contributed by atoms with Crippen LogP contribution in [0.25, 0.3) is 0 Å². The number of nitrogens with one attached hydrogen (secondary N) is 1. The van der Waals surface area contributed by atoms with E-state index in [-0.39, 0.29) is 6.61 Å². The number of amides is 1. The van der Waals surface area contributed by atoms with Gasteiger partial charge in [-0.3, -0.25) is 9.63 Å². The van der Waals surface area contributed by atoms with Gasteiger partial charge < -0.3 is 10.3 Å². The lowest BCUT2D eigenvalue weighted by Gasteiger charge is -2.08. The second-order valence-corrected chi connectivity index (χ2v) is 3.27. The number of aryl methyl sites for hydroxylation is 1. The largest absolute Gasteiger partial charge is 0.368 e. The molecule has 0 aliphatic carbocycles. The lowest BCUT2D eigenvalue weighted by Crippen LogP contribution is -2.25. The predicted molar refractivity (Wildman–Crippen MR) is 56.7 cm³/mol. The van der Waals surface area contributed by atoms with Crippen LogP contribution in [0.4, 0.5) is 0 Å². The normalized spacial score (nSPS) is 10.5. The van der Waals surface area contributed by atoms with Crippen LogP contribution in [0, 0.1) is 0 Å². The number of rotatable bonds is 7. The molecule has 0 radical (unpaired) electrons. The zero-order valence-corrected chi connectivity index (χ0v) is 8.90. The van der Waals surface area contributed by atoms with Crippen molar-refractivity contribution in [2.45, 2.75) is 26.4 Å². The fraction of sp³-hybridized carbons (Fsp3) is 0.500. The zero-order valence-electron chi connectivity index (χ0n) is 8.90. The summed E-state index contributed by atoms with van der Waals surface area (Å²) in [6.45, 7) is 3.58. The summed E-state index contributed by atoms with van der Waals surface area (Å²) in [7, 11) is 0. The van der Waals surface area contributed by atoms with Crippen molar-refractivity contribution in [3.05, 3.63) is 24.0 Å². The lowest BCUT2D eigenvalue weighted by atomic mass is 10.4. The van der Waals surface area contributed by atoms with Gasteiger partial charge in [-0.1, -0.05) is 6.92 Å². The number of carbonyl (C=O) groups excluding carboxylic acids is 1. The quantitative estimate of drug-likeness (QED) is 0.507. The van der Waals surface area contributed by atoms with Gasteiger partial charge >= 0.3 is 0 Å². The summed E-state index contributed by atoms with van der Waals surface area (Å²) in [4.78, 5) is 15.2. The van der Waals surface area contributed by atoms with E-state index in [0.717, 1.165) is 18.7 Å². The Bertz CT molecular complexity index is 309. The molecule has 0 saturated heterocycles. The Morgan fingerprint density at radius 2 is 2.47 bits per heavy atom. The average Bonchev–Trinajstić information content (AvgIpc) is 2.61. The van der Waals surface area contributed by atoms with Crippen molar-refractivity contribution in [2.75, 3.05) is 6.61 Å². The third-order valence-corrected chi connectivity index (χ3v) is 1.96. The molecule has 0 saturated carbocycles. The molecule has 0 aromatic carbocycles. The molecule has 5 heteroatoms. The highest BCUT2D eigenvalue weighted by Crippen LogP contribution is 2.02. The van der Waals surface area contributed by atoms with E-state index in [2.05, 4.69) is 17.0 Å². The molecule has 0 atom stereocenters. The molecule has 1 heterocycles. The van der Waals surface area contributed by atoms with Crippen molar-refractivity contribution in [2.24, 2.45) is 5.73 Å². The number of hydrogen-bond acceptors (Lipinski definition) is 3. The number of carbonyl (C=O) groups is 1. The van der Waals surface area contributed by atoms with E-state index in [4.69, 9.17) is 10.6 Å². The molecule has 3 N–H and O–H groups in total. The molecule has 1 aromatic rings. The number of hydroxylamine groups is 1. The minimum absolute atomic E-state index is 0.103. The number of nitrogens with zero attached hydrogens (tertiary/aromatic N) is 1. The third kappa shape index (κ3) is 4.14. The van der Waals surface area contributed by atoms with Crippen LogP contribution in [0.15, 0.2) is 18.3 Å². The maximum Gasteiger partial charge on any atom is 0.245 e. The van der Waals surface area contributed by atoms with Crippen molar-refractivity contribution >= 4 is 5.91 Å². The first-order valence-corrected chi connectivity index (χ1v) is 5.01. The fourth-order valence-electron chi connectivity index (χ4n) is 1.32. The Balaban J connectivity index is 2.30. The first-order valence-electron chi connectivity index (χ1n) is 5.01. The maximum atomic E-state index is 10.4. The molecule has 0 aliphatic heterocycles. The van der Waals surface area contributed by atoms with Gasteiger partial charge in [0, 0.05) is 18.4 Å². The monoisotopic (exact) mass is 211 g/mol. The van der Waals surface area contributed by atoms with E-state index < -0.39 is 5.91 Å². The molecule has 0 fully saturated rings. The van der Waals surface area contributed by atoms with Gasteiger partial charge in [0.05, 0.1) is 6.54 Å². The SMILES string of the molecule is CCCn1cccc1CNOCC(N)=O. The van der Waals surface area contributed by atoms with Crippen LogP contribution in [0.5, 0.6) is 0 Å². The molecule has 0 bridgehead atoms. The summed E-state index contributed by atoms with van der Waals surface area (Å²) in [6, 6.07) is 4.00. The standard InChI is InChI=1S/C10H17N3O2/c1-2-5-13-6-3-4-9(13)7-12-15-8-10(11)14/h3-4,6,12H,2,5,7-8H2,1H3,(H2,11,14). The Hall–Kier alpha value is -1.33. The minimum Gasteiger partial charge on any atom is -0.368 e. The van der Waals surface area contributed by atoms with E-state index in [1.807, 2.05) is 18.3 Å². The molecule has 0 unspecified atom stereocenters. The van der Waals surface area contributed by atoms with E-state index in [1.165, 1.54) is 0 Å². The Labute approximate surface area is 89.2 Å². The summed E-state index contributed by atoms with van der Waals surface area (Å²) in [5.74, 6) is -0.480. The highest BCUT2D eigenvalue weighted by atomic mass is 16.6. The fourth-order valence-corrected chi connectivity index (χ4v) is 1.32. The van der Waals surface area contributed by atoms with Gasteiger partial charge in [0.2, 0.25) is 5.91 Å². The first-order chi connectivity index (χ1) is 7.24. The molecular weight excluding hydrogens is 194 g/mol.